The number of rotatable bonds is 11. The largest absolute Gasteiger partial charge is 0.310 e. The van der Waals surface area contributed by atoms with Gasteiger partial charge in [0.2, 0.25) is 0 Å². The lowest BCUT2D eigenvalue weighted by molar-refractivity contribution is 0.207. The summed E-state index contributed by atoms with van der Waals surface area (Å²) in [5, 5.41) is 0. The zero-order valence-electron chi connectivity index (χ0n) is 39.8. The fourth-order valence-corrected chi connectivity index (χ4v) is 11.8. The van der Waals surface area contributed by atoms with E-state index in [0.717, 1.165) is 41.3 Å². The minimum atomic E-state index is -0.156. The van der Waals surface area contributed by atoms with Crippen molar-refractivity contribution >= 4 is 34.1 Å². The van der Waals surface area contributed by atoms with E-state index in [-0.39, 0.29) is 10.8 Å². The summed E-state index contributed by atoms with van der Waals surface area (Å²) in [5.74, 6) is 1.26. The molecule has 0 aliphatic heterocycles. The Morgan fingerprint density at radius 2 is 0.912 bits per heavy atom. The zero-order valence-corrected chi connectivity index (χ0v) is 39.8. The van der Waals surface area contributed by atoms with Gasteiger partial charge in [-0.3, -0.25) is 0 Å². The Labute approximate surface area is 404 Å². The molecule has 9 aromatic rings. The van der Waals surface area contributed by atoms with Gasteiger partial charge in [-0.15, -0.1) is 0 Å². The van der Waals surface area contributed by atoms with Crippen molar-refractivity contribution < 1.29 is 0 Å². The normalized spacial score (nSPS) is 17.0. The molecule has 9 aromatic carbocycles. The summed E-state index contributed by atoms with van der Waals surface area (Å²) in [6, 6.07) is 85.4. The molecule has 11 rings (SSSR count). The van der Waals surface area contributed by atoms with E-state index in [1.165, 1.54) is 74.2 Å². The van der Waals surface area contributed by atoms with Crippen LogP contribution in [0.4, 0.5) is 34.1 Å². The Kier molecular flexibility index (Phi) is 11.4. The van der Waals surface area contributed by atoms with E-state index < -0.39 is 0 Å². The molecule has 0 saturated heterocycles. The highest BCUT2D eigenvalue weighted by Gasteiger charge is 2.41. The van der Waals surface area contributed by atoms with Crippen LogP contribution in [0, 0.1) is 11.8 Å². The second-order valence-corrected chi connectivity index (χ2v) is 20.0. The van der Waals surface area contributed by atoms with E-state index in [9.17, 15) is 0 Å². The van der Waals surface area contributed by atoms with Gasteiger partial charge in [0, 0.05) is 44.8 Å². The molecule has 0 heterocycles. The molecule has 1 saturated carbocycles. The van der Waals surface area contributed by atoms with Gasteiger partial charge in [0.1, 0.15) is 0 Å². The summed E-state index contributed by atoms with van der Waals surface area (Å²) >= 11 is 0. The molecule has 2 atom stereocenters. The van der Waals surface area contributed by atoms with Crippen LogP contribution in [-0.4, -0.2) is 0 Å². The highest BCUT2D eigenvalue weighted by Crippen LogP contribution is 2.55. The second kappa shape index (κ2) is 18.0. The highest BCUT2D eigenvalue weighted by molar-refractivity contribution is 5.94. The van der Waals surface area contributed by atoms with Gasteiger partial charge in [-0.05, 0) is 141 Å². The van der Waals surface area contributed by atoms with Gasteiger partial charge in [-0.2, -0.15) is 0 Å². The first-order chi connectivity index (χ1) is 33.3. The third-order valence-corrected chi connectivity index (χ3v) is 15.4. The van der Waals surface area contributed by atoms with E-state index >= 15 is 0 Å². The smallest absolute Gasteiger partial charge is 0.0540 e. The van der Waals surface area contributed by atoms with Crippen molar-refractivity contribution in [1.82, 2.24) is 0 Å². The predicted octanol–water partition coefficient (Wildman–Crippen LogP) is 18.4. The van der Waals surface area contributed by atoms with Crippen LogP contribution in [-0.2, 0) is 10.8 Å². The van der Waals surface area contributed by atoms with Gasteiger partial charge in [0.15, 0.2) is 0 Å². The lowest BCUT2D eigenvalue weighted by Gasteiger charge is -2.44. The lowest BCUT2D eigenvalue weighted by Crippen LogP contribution is -2.36. The third-order valence-electron chi connectivity index (χ3n) is 15.4. The fraction of sp³-hybridized carbons (Fsp3) is 0.182. The number of hydrogen-bond acceptors (Lipinski definition) is 2. The molecule has 334 valence electrons. The molecular weight excluding hydrogens is 821 g/mol. The van der Waals surface area contributed by atoms with E-state index in [1.807, 2.05) is 0 Å². The second-order valence-electron chi connectivity index (χ2n) is 20.0. The summed E-state index contributed by atoms with van der Waals surface area (Å²) in [5.41, 5.74) is 19.9. The van der Waals surface area contributed by atoms with Crippen LogP contribution < -0.4 is 9.80 Å². The molecule has 0 bridgehead atoms. The topological polar surface area (TPSA) is 6.48 Å². The van der Waals surface area contributed by atoms with E-state index in [2.05, 4.69) is 268 Å². The van der Waals surface area contributed by atoms with Crippen molar-refractivity contribution in [2.45, 2.75) is 64.2 Å². The molecule has 2 aliphatic rings. The average molecular weight is 881 g/mol. The standard InChI is InChI=1S/C66H60N2/c1-47(2)50-25-20-44-66(46-50,52-36-40-56(41-37-52)68(54-28-15-8-16-29-54)63-33-18-17-30-58(63)48-21-9-5-10-22-48)51-34-38-55(39-35-51)67(53-26-13-7-14-27-53)57-42-43-60-62(45-57)65(3,4)61-32-19-31-59(64(60)61)49-23-11-6-12-24-49/h5-19,21-24,26-43,45,47,50H,20,25,44,46H2,1-4H3. The Morgan fingerprint density at radius 1 is 0.426 bits per heavy atom. The van der Waals surface area contributed by atoms with Gasteiger partial charge in [0.25, 0.3) is 0 Å². The Balaban J connectivity index is 0.985. The Hall–Kier alpha value is -7.42. The molecule has 68 heavy (non-hydrogen) atoms. The van der Waals surface area contributed by atoms with Crippen molar-refractivity contribution in [2.75, 3.05) is 9.80 Å². The Bertz CT molecular complexity index is 3160. The number of fused-ring (bicyclic) bond motifs is 3. The molecule has 2 unspecified atom stereocenters. The van der Waals surface area contributed by atoms with E-state index in [1.54, 1.807) is 0 Å². The van der Waals surface area contributed by atoms with Crippen molar-refractivity contribution in [1.29, 1.82) is 0 Å². The van der Waals surface area contributed by atoms with Crippen molar-refractivity contribution in [2.24, 2.45) is 11.8 Å². The van der Waals surface area contributed by atoms with Gasteiger partial charge in [-0.1, -0.05) is 204 Å². The maximum Gasteiger partial charge on any atom is 0.0540 e. The fourth-order valence-electron chi connectivity index (χ4n) is 11.8. The quantitative estimate of drug-likeness (QED) is 0.128. The van der Waals surface area contributed by atoms with Crippen LogP contribution >= 0.6 is 0 Å². The van der Waals surface area contributed by atoms with E-state index in [0.29, 0.717) is 11.8 Å². The molecule has 2 nitrogen and oxygen atoms in total. The summed E-state index contributed by atoms with van der Waals surface area (Å²) in [6.07, 6.45) is 4.75. The van der Waals surface area contributed by atoms with Crippen LogP contribution in [0.15, 0.2) is 231 Å². The van der Waals surface area contributed by atoms with Crippen molar-refractivity contribution in [3.05, 3.63) is 253 Å². The number of hydrogen-bond donors (Lipinski definition) is 0. The molecule has 0 N–H and O–H groups in total. The Morgan fingerprint density at radius 3 is 1.51 bits per heavy atom. The zero-order chi connectivity index (χ0) is 46.2. The molecule has 1 fully saturated rings. The van der Waals surface area contributed by atoms with Crippen LogP contribution in [0.5, 0.6) is 0 Å². The van der Waals surface area contributed by atoms with Gasteiger partial charge in [0.05, 0.1) is 5.69 Å². The van der Waals surface area contributed by atoms with Gasteiger partial charge < -0.3 is 9.80 Å². The van der Waals surface area contributed by atoms with Crippen LogP contribution in [0.2, 0.25) is 0 Å². The molecule has 0 radical (unpaired) electrons. The first kappa shape index (κ1) is 43.2. The van der Waals surface area contributed by atoms with Crippen molar-refractivity contribution in [3.8, 4) is 33.4 Å². The first-order valence-electron chi connectivity index (χ1n) is 24.7. The molecule has 0 amide bonds. The molecule has 2 aliphatic carbocycles. The van der Waals surface area contributed by atoms with Crippen molar-refractivity contribution in [3.63, 3.8) is 0 Å². The molecule has 0 spiro atoms. The van der Waals surface area contributed by atoms with Gasteiger partial charge >= 0.3 is 0 Å². The molecular formula is C66H60N2. The number of anilines is 6. The first-order valence-corrected chi connectivity index (χ1v) is 24.7. The average Bonchev–Trinajstić information content (AvgIpc) is 3.63. The number of para-hydroxylation sites is 3. The third kappa shape index (κ3) is 7.72. The summed E-state index contributed by atoms with van der Waals surface area (Å²) in [7, 11) is 0. The monoisotopic (exact) mass is 880 g/mol. The van der Waals surface area contributed by atoms with Crippen LogP contribution in [0.25, 0.3) is 33.4 Å². The summed E-state index contributed by atoms with van der Waals surface area (Å²) in [4.78, 5) is 4.87. The maximum absolute atomic E-state index is 2.46. The van der Waals surface area contributed by atoms with E-state index in [4.69, 9.17) is 0 Å². The van der Waals surface area contributed by atoms with Crippen LogP contribution in [0.1, 0.15) is 75.6 Å². The minimum absolute atomic E-state index is 0.110. The maximum atomic E-state index is 2.46. The number of benzene rings is 9. The lowest BCUT2D eigenvalue weighted by atomic mass is 9.60. The predicted molar refractivity (Wildman–Crippen MR) is 288 cm³/mol. The van der Waals surface area contributed by atoms with Crippen LogP contribution in [0.3, 0.4) is 0 Å². The molecule has 0 aromatic heterocycles. The summed E-state index contributed by atoms with van der Waals surface area (Å²) < 4.78 is 0. The highest BCUT2D eigenvalue weighted by atomic mass is 15.1. The minimum Gasteiger partial charge on any atom is -0.310 e. The molecule has 2 heteroatoms. The number of nitrogens with zero attached hydrogens (tertiary/aromatic N) is 2. The summed E-state index contributed by atoms with van der Waals surface area (Å²) in [6.45, 7) is 9.62. The SMILES string of the molecule is CC(C)C1CCCC(c2ccc(N(c3ccccc3)c3ccc4c(c3)C(C)(C)c3cccc(-c5ccccc5)c3-4)cc2)(c2ccc(N(c3ccccc3)c3ccccc3-c3ccccc3)cc2)C1. The van der Waals surface area contributed by atoms with Gasteiger partial charge in [-0.25, -0.2) is 0 Å².